The van der Waals surface area contributed by atoms with Crippen LogP contribution in [0.25, 0.3) is 33.8 Å². The number of fused-ring (bicyclic) bond motifs is 2. The van der Waals surface area contributed by atoms with Crippen molar-refractivity contribution in [2.24, 2.45) is 5.41 Å². The average Bonchev–Trinajstić information content (AvgIpc) is 3.44. The molecular weight excluding hydrogens is 497 g/mol. The monoisotopic (exact) mass is 525 g/mol. The molecule has 0 saturated heterocycles. The maximum absolute atomic E-state index is 13.8. The number of anilines is 1. The minimum atomic E-state index is -0.775. The molecule has 3 saturated carbocycles. The summed E-state index contributed by atoms with van der Waals surface area (Å²) >= 11 is 0. The summed E-state index contributed by atoms with van der Waals surface area (Å²) in [6.07, 6.45) is 7.66. The number of carbonyl (C=O) groups is 1. The Kier molecular flexibility index (Phi) is 4.65. The third kappa shape index (κ3) is 3.40. The zero-order valence-electron chi connectivity index (χ0n) is 21.9. The van der Waals surface area contributed by atoms with Crippen LogP contribution in [0.5, 0.6) is 0 Å². The van der Waals surface area contributed by atoms with Gasteiger partial charge in [0.1, 0.15) is 17.2 Å². The molecule has 9 nitrogen and oxygen atoms in total. The highest BCUT2D eigenvalue weighted by Gasteiger charge is 2.73. The minimum absolute atomic E-state index is 0.130. The van der Waals surface area contributed by atoms with Crippen LogP contribution in [0.2, 0.25) is 0 Å². The Balaban J connectivity index is 1.34. The normalized spacial score (nSPS) is 22.1. The van der Waals surface area contributed by atoms with Gasteiger partial charge < -0.3 is 20.6 Å². The summed E-state index contributed by atoms with van der Waals surface area (Å²) in [5.74, 6) is -0.493. The third-order valence-corrected chi connectivity index (χ3v) is 8.65. The number of aryl methyl sites for hydroxylation is 1. The first-order valence-electron chi connectivity index (χ1n) is 12.9. The van der Waals surface area contributed by atoms with Crippen LogP contribution in [-0.4, -0.2) is 45.9 Å². The Bertz CT molecular complexity index is 1790. The van der Waals surface area contributed by atoms with E-state index in [4.69, 9.17) is 5.73 Å². The smallest absolute Gasteiger partial charge is 0.271 e. The molecule has 2 bridgehead atoms. The van der Waals surface area contributed by atoms with Crippen LogP contribution in [0.4, 0.5) is 10.2 Å². The van der Waals surface area contributed by atoms with Crippen LogP contribution in [-0.2, 0) is 0 Å². The quantitative estimate of drug-likeness (QED) is 0.317. The summed E-state index contributed by atoms with van der Waals surface area (Å²) in [5.41, 5.74) is 10.2. The van der Waals surface area contributed by atoms with Gasteiger partial charge in [0.2, 0.25) is 0 Å². The van der Waals surface area contributed by atoms with E-state index in [1.165, 1.54) is 12.1 Å². The van der Waals surface area contributed by atoms with Gasteiger partial charge in [-0.25, -0.2) is 19.3 Å². The SMILES string of the molecule is Cc1cnc2ccc(-c3c(-c4ccc(F)cc4)nc(N)c4nc(C(=O)NC56CC(C(C)(C)O)(C5)C6)cn34)cn12. The van der Waals surface area contributed by atoms with Gasteiger partial charge in [0.25, 0.3) is 5.91 Å². The molecule has 3 fully saturated rings. The van der Waals surface area contributed by atoms with Crippen LogP contribution < -0.4 is 11.1 Å². The van der Waals surface area contributed by atoms with Gasteiger partial charge in [0.05, 0.1) is 17.0 Å². The van der Waals surface area contributed by atoms with Crippen molar-refractivity contribution in [2.75, 3.05) is 5.73 Å². The Labute approximate surface area is 223 Å². The van der Waals surface area contributed by atoms with Crippen molar-refractivity contribution in [3.63, 3.8) is 0 Å². The molecule has 8 rings (SSSR count). The molecule has 0 unspecified atom stereocenters. The first-order valence-corrected chi connectivity index (χ1v) is 12.9. The number of amides is 1. The molecule has 1 amide bonds. The fourth-order valence-corrected chi connectivity index (χ4v) is 6.38. The zero-order chi connectivity index (χ0) is 27.3. The van der Waals surface area contributed by atoms with Crippen LogP contribution >= 0.6 is 0 Å². The maximum atomic E-state index is 13.8. The molecule has 0 spiro atoms. The Hall–Kier alpha value is -4.31. The lowest BCUT2D eigenvalue weighted by Gasteiger charge is -2.74. The molecule has 10 heteroatoms. The van der Waals surface area contributed by atoms with E-state index in [1.54, 1.807) is 28.9 Å². The number of hydrogen-bond acceptors (Lipinski definition) is 6. The molecule has 198 valence electrons. The number of nitrogens with two attached hydrogens (primary N) is 1. The number of nitrogen functional groups attached to an aromatic ring is 1. The number of imidazole rings is 2. The van der Waals surface area contributed by atoms with Crippen molar-refractivity contribution in [1.29, 1.82) is 0 Å². The van der Waals surface area contributed by atoms with Crippen molar-refractivity contribution in [2.45, 2.75) is 51.2 Å². The topological polar surface area (TPSA) is 123 Å². The number of pyridine rings is 1. The molecule has 4 heterocycles. The van der Waals surface area contributed by atoms with Gasteiger partial charge in [-0.2, -0.15) is 0 Å². The van der Waals surface area contributed by atoms with E-state index in [9.17, 15) is 14.3 Å². The summed E-state index contributed by atoms with van der Waals surface area (Å²) in [5, 5.41) is 13.6. The molecule has 0 aliphatic heterocycles. The summed E-state index contributed by atoms with van der Waals surface area (Å²) in [4.78, 5) is 27.0. The zero-order valence-corrected chi connectivity index (χ0v) is 21.9. The fraction of sp³-hybridized carbons (Fsp3) is 0.310. The lowest BCUT2D eigenvalue weighted by atomic mass is 9.35. The van der Waals surface area contributed by atoms with E-state index in [-0.39, 0.29) is 34.2 Å². The van der Waals surface area contributed by atoms with Gasteiger partial charge in [-0.15, -0.1) is 0 Å². The van der Waals surface area contributed by atoms with Crippen molar-refractivity contribution in [1.82, 2.24) is 29.1 Å². The summed E-state index contributed by atoms with van der Waals surface area (Å²) in [6, 6.07) is 9.89. The van der Waals surface area contributed by atoms with Crippen LogP contribution in [0.1, 0.15) is 49.3 Å². The van der Waals surface area contributed by atoms with Gasteiger partial charge in [-0.05, 0) is 76.4 Å². The molecule has 4 aromatic heterocycles. The lowest BCUT2D eigenvalue weighted by Crippen LogP contribution is -2.79. The predicted molar refractivity (Wildman–Crippen MR) is 144 cm³/mol. The lowest BCUT2D eigenvalue weighted by molar-refractivity contribution is -0.247. The Morgan fingerprint density at radius 2 is 1.74 bits per heavy atom. The van der Waals surface area contributed by atoms with Gasteiger partial charge >= 0.3 is 0 Å². The molecule has 4 N–H and O–H groups in total. The van der Waals surface area contributed by atoms with Gasteiger partial charge in [0, 0.05) is 46.4 Å². The maximum Gasteiger partial charge on any atom is 0.271 e. The van der Waals surface area contributed by atoms with E-state index in [0.29, 0.717) is 22.6 Å². The van der Waals surface area contributed by atoms with E-state index >= 15 is 0 Å². The first kappa shape index (κ1) is 23.8. The fourth-order valence-electron chi connectivity index (χ4n) is 6.38. The number of hydrogen-bond donors (Lipinski definition) is 3. The third-order valence-electron chi connectivity index (χ3n) is 8.65. The highest BCUT2D eigenvalue weighted by molar-refractivity contribution is 5.95. The predicted octanol–water partition coefficient (Wildman–Crippen LogP) is 4.16. The van der Waals surface area contributed by atoms with Crippen LogP contribution in [0.15, 0.2) is 55.0 Å². The number of benzene rings is 1. The molecular formula is C29H28FN7O2. The highest BCUT2D eigenvalue weighted by atomic mass is 19.1. The van der Waals surface area contributed by atoms with Gasteiger partial charge in [0.15, 0.2) is 11.5 Å². The summed E-state index contributed by atoms with van der Waals surface area (Å²) < 4.78 is 17.5. The van der Waals surface area contributed by atoms with E-state index in [1.807, 2.05) is 43.5 Å². The molecule has 3 aliphatic rings. The van der Waals surface area contributed by atoms with Crippen molar-refractivity contribution < 1.29 is 14.3 Å². The standard InChI is InChI=1S/C29H28FN7O2/c1-16-10-32-21-9-6-18(11-36(16)21)23-22(17-4-7-19(30)8-5-17)34-24(31)25-33-20(12-37(23)25)26(38)35-29-13-28(14-29,15-29)27(2,3)39/h4-12,39H,13-15H2,1-3H3,(H2,31,34)(H,35,38). The minimum Gasteiger partial charge on any atom is -0.390 e. The number of halogens is 1. The average molecular weight is 526 g/mol. The van der Waals surface area contributed by atoms with E-state index < -0.39 is 5.60 Å². The van der Waals surface area contributed by atoms with Crippen LogP contribution in [0, 0.1) is 18.2 Å². The van der Waals surface area contributed by atoms with Crippen molar-refractivity contribution in [3.8, 4) is 22.5 Å². The second-order valence-electron chi connectivity index (χ2n) is 11.7. The second-order valence-corrected chi connectivity index (χ2v) is 11.7. The second kappa shape index (κ2) is 7.63. The molecule has 1 aromatic carbocycles. The largest absolute Gasteiger partial charge is 0.390 e. The number of nitrogens with one attached hydrogen (secondary N) is 1. The molecule has 0 atom stereocenters. The highest BCUT2D eigenvalue weighted by Crippen LogP contribution is 2.71. The Morgan fingerprint density at radius 3 is 2.44 bits per heavy atom. The number of rotatable bonds is 5. The number of aliphatic hydroxyl groups is 1. The molecule has 5 aromatic rings. The van der Waals surface area contributed by atoms with Crippen molar-refractivity contribution in [3.05, 3.63) is 72.2 Å². The van der Waals surface area contributed by atoms with Gasteiger partial charge in [-0.3, -0.25) is 9.20 Å². The molecule has 3 aliphatic carbocycles. The number of aromatic nitrogens is 5. The van der Waals surface area contributed by atoms with E-state index in [0.717, 1.165) is 36.2 Å². The van der Waals surface area contributed by atoms with E-state index in [2.05, 4.69) is 20.3 Å². The summed E-state index contributed by atoms with van der Waals surface area (Å²) in [7, 11) is 0. The molecule has 0 radical (unpaired) electrons. The van der Waals surface area contributed by atoms with Crippen LogP contribution in [0.3, 0.4) is 0 Å². The molecule has 39 heavy (non-hydrogen) atoms. The van der Waals surface area contributed by atoms with Gasteiger partial charge in [-0.1, -0.05) is 0 Å². The Morgan fingerprint density at radius 1 is 1.05 bits per heavy atom. The number of nitrogens with zero attached hydrogens (tertiary/aromatic N) is 5. The van der Waals surface area contributed by atoms with Crippen molar-refractivity contribution >= 4 is 23.0 Å². The number of carbonyl (C=O) groups excluding carboxylic acids is 1. The first-order chi connectivity index (χ1) is 18.5. The summed E-state index contributed by atoms with van der Waals surface area (Å²) in [6.45, 7) is 5.63.